The van der Waals surface area contributed by atoms with Crippen molar-refractivity contribution in [2.24, 2.45) is 0 Å². The molecule has 2 nitrogen and oxygen atoms in total. The van der Waals surface area contributed by atoms with Gasteiger partial charge in [0.1, 0.15) is 17.4 Å². The van der Waals surface area contributed by atoms with Crippen molar-refractivity contribution in [3.05, 3.63) is 35.6 Å². The molecule has 0 aliphatic carbocycles. The van der Waals surface area contributed by atoms with Crippen molar-refractivity contribution in [1.29, 1.82) is 0 Å². The van der Waals surface area contributed by atoms with Gasteiger partial charge in [-0.15, -0.1) is 0 Å². The molecule has 1 aromatic heterocycles. The van der Waals surface area contributed by atoms with Gasteiger partial charge in [0.05, 0.1) is 6.42 Å². The summed E-state index contributed by atoms with van der Waals surface area (Å²) in [5, 5.41) is 10.1. The van der Waals surface area contributed by atoms with Gasteiger partial charge in [0.25, 0.3) is 0 Å². The fraction of sp³-hybridized carbons (Fsp3) is 0.333. The molecule has 1 atom stereocenters. The van der Waals surface area contributed by atoms with Gasteiger partial charge in [-0.3, -0.25) is 0 Å². The molecule has 0 amide bonds. The van der Waals surface area contributed by atoms with Gasteiger partial charge in [0, 0.05) is 5.39 Å². The normalized spacial score (nSPS) is 14.2. The Hall–Kier alpha value is -1.49. The highest BCUT2D eigenvalue weighted by molar-refractivity contribution is 5.80. The summed E-state index contributed by atoms with van der Waals surface area (Å²) in [5.74, 6) is -0.0494. The predicted molar refractivity (Wildman–Crippen MR) is 56.6 cm³/mol. The first-order valence-corrected chi connectivity index (χ1v) is 5.11. The zero-order chi connectivity index (χ0) is 12.6. The number of fused-ring (bicyclic) bond motifs is 1. The summed E-state index contributed by atoms with van der Waals surface area (Å²) < 4.78 is 41.6. The van der Waals surface area contributed by atoms with E-state index in [-0.39, 0.29) is 5.76 Å². The summed E-state index contributed by atoms with van der Waals surface area (Å²) in [6.07, 6.45) is -7.36. The molecule has 17 heavy (non-hydrogen) atoms. The molecule has 0 aliphatic heterocycles. The average molecular weight is 244 g/mol. The fourth-order valence-corrected chi connectivity index (χ4v) is 1.71. The molecule has 0 spiro atoms. The van der Waals surface area contributed by atoms with E-state index >= 15 is 0 Å². The minimum absolute atomic E-state index is 0.0494. The number of furan rings is 1. The van der Waals surface area contributed by atoms with Gasteiger partial charge < -0.3 is 9.52 Å². The zero-order valence-electron chi connectivity index (χ0n) is 9.08. The molecule has 1 unspecified atom stereocenters. The second-order valence-corrected chi connectivity index (χ2v) is 3.98. The van der Waals surface area contributed by atoms with Crippen LogP contribution in [0.2, 0.25) is 0 Å². The maximum Gasteiger partial charge on any atom is 0.392 e. The molecule has 1 aromatic carbocycles. The Morgan fingerprint density at radius 1 is 1.35 bits per heavy atom. The molecule has 0 aliphatic rings. The maximum atomic E-state index is 12.1. The molecule has 1 N–H and O–H groups in total. The summed E-state index contributed by atoms with van der Waals surface area (Å²) in [6, 6.07) is 6.76. The van der Waals surface area contributed by atoms with Crippen LogP contribution < -0.4 is 0 Å². The Labute approximate surface area is 95.7 Å². The number of aryl methyl sites for hydroxylation is 1. The largest absolute Gasteiger partial charge is 0.458 e. The molecular formula is C12H11F3O2. The van der Waals surface area contributed by atoms with Crippen molar-refractivity contribution in [3.8, 4) is 0 Å². The number of alkyl halides is 3. The van der Waals surface area contributed by atoms with Crippen molar-refractivity contribution >= 4 is 11.0 Å². The van der Waals surface area contributed by atoms with Gasteiger partial charge in [-0.2, -0.15) is 13.2 Å². The van der Waals surface area contributed by atoms with Crippen molar-refractivity contribution in [2.75, 3.05) is 0 Å². The minimum atomic E-state index is -4.41. The van der Waals surface area contributed by atoms with E-state index in [2.05, 4.69) is 0 Å². The minimum Gasteiger partial charge on any atom is -0.458 e. The Kier molecular flexibility index (Phi) is 2.87. The number of aliphatic hydroxyl groups excluding tert-OH is 1. The smallest absolute Gasteiger partial charge is 0.392 e. The van der Waals surface area contributed by atoms with Crippen LogP contribution >= 0.6 is 0 Å². The highest BCUT2D eigenvalue weighted by Gasteiger charge is 2.33. The van der Waals surface area contributed by atoms with Gasteiger partial charge >= 0.3 is 6.18 Å². The lowest BCUT2D eigenvalue weighted by molar-refractivity contribution is -0.156. The highest BCUT2D eigenvalue weighted by Crippen LogP contribution is 2.33. The first-order valence-electron chi connectivity index (χ1n) is 5.11. The quantitative estimate of drug-likeness (QED) is 0.873. The van der Waals surface area contributed by atoms with E-state index < -0.39 is 18.7 Å². The van der Waals surface area contributed by atoms with E-state index in [9.17, 15) is 18.3 Å². The summed E-state index contributed by atoms with van der Waals surface area (Å²) in [4.78, 5) is 0. The molecule has 2 rings (SSSR count). The number of benzene rings is 1. The lowest BCUT2D eigenvalue weighted by Gasteiger charge is -2.10. The van der Waals surface area contributed by atoms with Crippen molar-refractivity contribution < 1.29 is 22.7 Å². The number of aliphatic hydroxyl groups is 1. The van der Waals surface area contributed by atoms with Crippen molar-refractivity contribution in [1.82, 2.24) is 0 Å². The lowest BCUT2D eigenvalue weighted by Crippen LogP contribution is -2.12. The van der Waals surface area contributed by atoms with Crippen molar-refractivity contribution in [2.45, 2.75) is 25.6 Å². The number of halogens is 3. The van der Waals surface area contributed by atoms with Gasteiger partial charge in [0.15, 0.2) is 0 Å². The molecule has 2 aromatic rings. The van der Waals surface area contributed by atoms with Gasteiger partial charge in [0.2, 0.25) is 0 Å². The molecule has 0 radical (unpaired) electrons. The topological polar surface area (TPSA) is 33.4 Å². The molecular weight excluding hydrogens is 233 g/mol. The summed E-state index contributed by atoms with van der Waals surface area (Å²) in [7, 11) is 0. The first-order chi connectivity index (χ1) is 7.87. The second-order valence-electron chi connectivity index (χ2n) is 3.98. The lowest BCUT2D eigenvalue weighted by atomic mass is 10.1. The van der Waals surface area contributed by atoms with Crippen LogP contribution in [0.1, 0.15) is 23.8 Å². The number of hydrogen-bond donors (Lipinski definition) is 1. The number of para-hydroxylation sites is 1. The van der Waals surface area contributed by atoms with Crippen LogP contribution in [0.25, 0.3) is 11.0 Å². The van der Waals surface area contributed by atoms with E-state index in [4.69, 9.17) is 4.42 Å². The van der Waals surface area contributed by atoms with E-state index in [0.29, 0.717) is 11.0 Å². The SMILES string of the molecule is Cc1cccc2cc(C(O)CC(F)(F)F)oc12. The van der Waals surface area contributed by atoms with Gasteiger partial charge in [-0.05, 0) is 18.6 Å². The van der Waals surface area contributed by atoms with E-state index in [1.165, 1.54) is 6.07 Å². The second kappa shape index (κ2) is 4.07. The van der Waals surface area contributed by atoms with Gasteiger partial charge in [-0.25, -0.2) is 0 Å². The molecule has 0 bridgehead atoms. The van der Waals surface area contributed by atoms with Crippen LogP contribution in [0.3, 0.4) is 0 Å². The Balaban J connectivity index is 2.34. The number of rotatable bonds is 2. The molecule has 1 heterocycles. The fourth-order valence-electron chi connectivity index (χ4n) is 1.71. The monoisotopic (exact) mass is 244 g/mol. The Bertz CT molecular complexity index is 528. The van der Waals surface area contributed by atoms with Gasteiger partial charge in [-0.1, -0.05) is 18.2 Å². The molecule has 5 heteroatoms. The maximum absolute atomic E-state index is 12.1. The summed E-state index contributed by atoms with van der Waals surface area (Å²) in [5.41, 5.74) is 1.34. The molecule has 0 fully saturated rings. The van der Waals surface area contributed by atoms with E-state index in [1.807, 2.05) is 0 Å². The molecule has 0 saturated carbocycles. The van der Waals surface area contributed by atoms with E-state index in [0.717, 1.165) is 5.56 Å². The summed E-state index contributed by atoms with van der Waals surface area (Å²) >= 11 is 0. The van der Waals surface area contributed by atoms with Crippen LogP contribution in [-0.2, 0) is 0 Å². The highest BCUT2D eigenvalue weighted by atomic mass is 19.4. The zero-order valence-corrected chi connectivity index (χ0v) is 9.08. The third kappa shape index (κ3) is 2.61. The van der Waals surface area contributed by atoms with Crippen LogP contribution in [0, 0.1) is 6.92 Å². The van der Waals surface area contributed by atoms with E-state index in [1.54, 1.807) is 25.1 Å². The number of hydrogen-bond acceptors (Lipinski definition) is 2. The van der Waals surface area contributed by atoms with Crippen LogP contribution in [0.15, 0.2) is 28.7 Å². The first kappa shape index (κ1) is 12.0. The third-order valence-electron chi connectivity index (χ3n) is 2.51. The predicted octanol–water partition coefficient (Wildman–Crippen LogP) is 3.73. The standard InChI is InChI=1S/C12H11F3O2/c1-7-3-2-4-8-5-10(17-11(7)8)9(16)6-12(13,14)15/h2-5,9,16H,6H2,1H3. The van der Waals surface area contributed by atoms with Crippen LogP contribution in [0.4, 0.5) is 13.2 Å². The van der Waals surface area contributed by atoms with Crippen molar-refractivity contribution in [3.63, 3.8) is 0 Å². The molecule has 0 saturated heterocycles. The molecule has 92 valence electrons. The average Bonchev–Trinajstić information content (AvgIpc) is 2.60. The summed E-state index contributed by atoms with van der Waals surface area (Å²) in [6.45, 7) is 1.80. The Morgan fingerprint density at radius 2 is 2.06 bits per heavy atom. The van der Waals surface area contributed by atoms with Crippen LogP contribution in [-0.4, -0.2) is 11.3 Å². The van der Waals surface area contributed by atoms with Crippen LogP contribution in [0.5, 0.6) is 0 Å². The Morgan fingerprint density at radius 3 is 2.65 bits per heavy atom. The third-order valence-corrected chi connectivity index (χ3v) is 2.51.